The zero-order valence-corrected chi connectivity index (χ0v) is 12.5. The minimum Gasteiger partial charge on any atom is -0.354 e. The lowest BCUT2D eigenvalue weighted by molar-refractivity contribution is -0.126. The topological polar surface area (TPSA) is 58.2 Å². The van der Waals surface area contributed by atoms with Crippen molar-refractivity contribution in [3.63, 3.8) is 0 Å². The van der Waals surface area contributed by atoms with Crippen molar-refractivity contribution in [3.05, 3.63) is 34.9 Å². The Morgan fingerprint density at radius 2 is 1.80 bits per heavy atom. The van der Waals surface area contributed by atoms with Crippen LogP contribution in [0.5, 0.6) is 0 Å². The normalized spacial score (nSPS) is 10.1. The Labute approximate surface area is 124 Å². The molecule has 20 heavy (non-hydrogen) atoms. The highest BCUT2D eigenvalue weighted by molar-refractivity contribution is 6.30. The molecule has 0 bridgehead atoms. The maximum absolute atomic E-state index is 11.5. The number of benzene rings is 1. The van der Waals surface area contributed by atoms with Gasteiger partial charge in [-0.3, -0.25) is 9.59 Å². The summed E-state index contributed by atoms with van der Waals surface area (Å²) in [5, 5.41) is 6.08. The van der Waals surface area contributed by atoms with Gasteiger partial charge in [0, 0.05) is 18.0 Å². The molecule has 1 aromatic rings. The molecule has 0 radical (unpaired) electrons. The third kappa shape index (κ3) is 7.14. The molecule has 1 rings (SSSR count). The number of nitrogens with one attached hydrogen (secondary N) is 2. The molecule has 2 N–H and O–H groups in total. The lowest BCUT2D eigenvalue weighted by atomic mass is 10.1. The van der Waals surface area contributed by atoms with Crippen LogP contribution in [0.25, 0.3) is 0 Å². The molecule has 5 heteroatoms. The maximum atomic E-state index is 11.5. The number of rotatable bonds is 8. The molecule has 0 saturated carbocycles. The molecular weight excluding hydrogens is 276 g/mol. The van der Waals surface area contributed by atoms with Gasteiger partial charge in [-0.2, -0.15) is 0 Å². The van der Waals surface area contributed by atoms with Crippen molar-refractivity contribution < 1.29 is 9.59 Å². The number of carbonyl (C=O) groups is 2. The molecule has 0 aliphatic carbocycles. The number of halogens is 1. The van der Waals surface area contributed by atoms with Crippen LogP contribution in [0, 0.1) is 0 Å². The Kier molecular flexibility index (Phi) is 7.73. The largest absolute Gasteiger partial charge is 0.354 e. The van der Waals surface area contributed by atoms with Gasteiger partial charge in [0.25, 0.3) is 0 Å². The minimum absolute atomic E-state index is 0.0448. The smallest absolute Gasteiger partial charge is 0.239 e. The minimum atomic E-state index is -0.163. The molecule has 0 atom stereocenters. The standard InChI is InChI=1S/C15H21ClN2O2/c1-2-3-4-14(19)18-11-15(20)17-10-9-12-5-7-13(16)8-6-12/h5-8H,2-4,9-11H2,1H3,(H,17,20)(H,18,19). The predicted octanol–water partition coefficient (Wildman–Crippen LogP) is 2.31. The number of carbonyl (C=O) groups excluding carboxylic acids is 2. The third-order valence-electron chi connectivity index (χ3n) is 2.85. The summed E-state index contributed by atoms with van der Waals surface area (Å²) in [7, 11) is 0. The molecule has 0 fully saturated rings. The van der Waals surface area contributed by atoms with Gasteiger partial charge in [0.05, 0.1) is 6.54 Å². The molecule has 0 unspecified atom stereocenters. The van der Waals surface area contributed by atoms with Crippen LogP contribution < -0.4 is 10.6 Å². The second-order valence-electron chi connectivity index (χ2n) is 4.61. The molecule has 2 amide bonds. The Bertz CT molecular complexity index is 432. The molecule has 0 aliphatic rings. The summed E-state index contributed by atoms with van der Waals surface area (Å²) in [6.07, 6.45) is 3.05. The summed E-state index contributed by atoms with van der Waals surface area (Å²) in [4.78, 5) is 22.8. The highest BCUT2D eigenvalue weighted by atomic mass is 35.5. The van der Waals surface area contributed by atoms with E-state index < -0.39 is 0 Å². The first-order valence-electron chi connectivity index (χ1n) is 6.89. The van der Waals surface area contributed by atoms with Crippen molar-refractivity contribution in [2.75, 3.05) is 13.1 Å². The maximum Gasteiger partial charge on any atom is 0.239 e. The molecule has 0 spiro atoms. The van der Waals surface area contributed by atoms with Gasteiger partial charge in [-0.25, -0.2) is 0 Å². The van der Waals surface area contributed by atoms with Gasteiger partial charge in [-0.05, 0) is 30.5 Å². The van der Waals surface area contributed by atoms with Crippen LogP contribution in [0.1, 0.15) is 31.7 Å². The zero-order chi connectivity index (χ0) is 14.8. The van der Waals surface area contributed by atoms with E-state index in [1.54, 1.807) is 0 Å². The Balaban J connectivity index is 2.14. The van der Waals surface area contributed by atoms with Crippen LogP contribution >= 0.6 is 11.6 Å². The highest BCUT2D eigenvalue weighted by Gasteiger charge is 2.04. The fourth-order valence-corrected chi connectivity index (χ4v) is 1.79. The van der Waals surface area contributed by atoms with E-state index >= 15 is 0 Å². The number of unbranched alkanes of at least 4 members (excludes halogenated alkanes) is 1. The van der Waals surface area contributed by atoms with Crippen molar-refractivity contribution in [2.24, 2.45) is 0 Å². The van der Waals surface area contributed by atoms with Crippen molar-refractivity contribution in [3.8, 4) is 0 Å². The van der Waals surface area contributed by atoms with E-state index in [9.17, 15) is 9.59 Å². The van der Waals surface area contributed by atoms with E-state index in [4.69, 9.17) is 11.6 Å². The van der Waals surface area contributed by atoms with Gasteiger partial charge in [0.2, 0.25) is 11.8 Å². The molecule has 4 nitrogen and oxygen atoms in total. The lowest BCUT2D eigenvalue weighted by Crippen LogP contribution is -2.37. The summed E-state index contributed by atoms with van der Waals surface area (Å²) in [6.45, 7) is 2.62. The van der Waals surface area contributed by atoms with Crippen molar-refractivity contribution in [2.45, 2.75) is 32.6 Å². The zero-order valence-electron chi connectivity index (χ0n) is 11.7. The molecule has 0 heterocycles. The lowest BCUT2D eigenvalue weighted by Gasteiger charge is -2.07. The second-order valence-corrected chi connectivity index (χ2v) is 5.04. The van der Waals surface area contributed by atoms with Crippen LogP contribution in [-0.4, -0.2) is 24.9 Å². The number of hydrogen-bond donors (Lipinski definition) is 2. The molecular formula is C15H21ClN2O2. The van der Waals surface area contributed by atoms with Gasteiger partial charge in [-0.1, -0.05) is 37.1 Å². The van der Waals surface area contributed by atoms with E-state index in [2.05, 4.69) is 10.6 Å². The summed E-state index contributed by atoms with van der Waals surface area (Å²) in [5.74, 6) is -0.233. The average molecular weight is 297 g/mol. The van der Waals surface area contributed by atoms with Crippen LogP contribution in [0.2, 0.25) is 5.02 Å². The number of hydrogen-bond acceptors (Lipinski definition) is 2. The van der Waals surface area contributed by atoms with Gasteiger partial charge in [0.15, 0.2) is 0 Å². The van der Waals surface area contributed by atoms with Gasteiger partial charge in [0.1, 0.15) is 0 Å². The summed E-state index contributed by atoms with van der Waals surface area (Å²) < 4.78 is 0. The molecule has 0 aromatic heterocycles. The Morgan fingerprint density at radius 3 is 2.45 bits per heavy atom. The van der Waals surface area contributed by atoms with E-state index in [1.165, 1.54) is 0 Å². The first-order chi connectivity index (χ1) is 9.61. The van der Waals surface area contributed by atoms with Crippen LogP contribution in [0.4, 0.5) is 0 Å². The summed E-state index contributed by atoms with van der Waals surface area (Å²) in [5.41, 5.74) is 1.11. The molecule has 0 aliphatic heterocycles. The van der Waals surface area contributed by atoms with Crippen molar-refractivity contribution in [1.82, 2.24) is 10.6 Å². The average Bonchev–Trinajstić information content (AvgIpc) is 2.45. The van der Waals surface area contributed by atoms with Crippen molar-refractivity contribution >= 4 is 23.4 Å². The van der Waals surface area contributed by atoms with E-state index in [-0.39, 0.29) is 18.4 Å². The highest BCUT2D eigenvalue weighted by Crippen LogP contribution is 2.09. The SMILES string of the molecule is CCCCC(=O)NCC(=O)NCCc1ccc(Cl)cc1. The van der Waals surface area contributed by atoms with Crippen LogP contribution in [0.15, 0.2) is 24.3 Å². The van der Waals surface area contributed by atoms with Gasteiger partial charge in [-0.15, -0.1) is 0 Å². The Hall–Kier alpha value is -1.55. The fraction of sp³-hybridized carbons (Fsp3) is 0.467. The first kappa shape index (κ1) is 16.5. The predicted molar refractivity (Wildman–Crippen MR) is 80.7 cm³/mol. The quantitative estimate of drug-likeness (QED) is 0.773. The van der Waals surface area contributed by atoms with E-state index in [1.807, 2.05) is 31.2 Å². The van der Waals surface area contributed by atoms with Crippen LogP contribution in [0.3, 0.4) is 0 Å². The van der Waals surface area contributed by atoms with Gasteiger partial charge < -0.3 is 10.6 Å². The summed E-state index contributed by atoms with van der Waals surface area (Å²) in [6, 6.07) is 7.52. The van der Waals surface area contributed by atoms with E-state index in [0.29, 0.717) is 18.0 Å². The first-order valence-corrected chi connectivity index (χ1v) is 7.27. The van der Waals surface area contributed by atoms with Crippen LogP contribution in [-0.2, 0) is 16.0 Å². The fourth-order valence-electron chi connectivity index (χ4n) is 1.66. The van der Waals surface area contributed by atoms with E-state index in [0.717, 1.165) is 24.8 Å². The third-order valence-corrected chi connectivity index (χ3v) is 3.10. The summed E-state index contributed by atoms with van der Waals surface area (Å²) >= 11 is 5.79. The molecule has 1 aromatic carbocycles. The second kappa shape index (κ2) is 9.37. The van der Waals surface area contributed by atoms with Crippen molar-refractivity contribution in [1.29, 1.82) is 0 Å². The van der Waals surface area contributed by atoms with Gasteiger partial charge >= 0.3 is 0 Å². The molecule has 0 saturated heterocycles. The number of amides is 2. The monoisotopic (exact) mass is 296 g/mol. The Morgan fingerprint density at radius 1 is 1.10 bits per heavy atom. The molecule has 110 valence electrons.